The largest absolute Gasteiger partial charge is 0.469 e. The first-order valence-electron chi connectivity index (χ1n) is 9.10. The number of nitrogens with two attached hydrogens (primary N) is 1. The molecule has 0 radical (unpaired) electrons. The van der Waals surface area contributed by atoms with Gasteiger partial charge in [-0.2, -0.15) is 4.98 Å². The number of carbonyl (C=O) groups excluding carboxylic acids is 3. The van der Waals surface area contributed by atoms with Crippen LogP contribution in [0.3, 0.4) is 0 Å². The first kappa shape index (κ1) is 19.4. The molecule has 0 saturated carbocycles. The number of methoxy groups -OCH3 is 2. The van der Waals surface area contributed by atoms with Crippen LogP contribution < -0.4 is 5.73 Å². The van der Waals surface area contributed by atoms with Crippen LogP contribution in [-0.2, 0) is 29.3 Å². The van der Waals surface area contributed by atoms with Crippen molar-refractivity contribution in [1.82, 2.24) is 9.88 Å². The highest BCUT2D eigenvalue weighted by Gasteiger charge is 2.64. The fraction of sp³-hybridized carbons (Fsp3) is 0.238. The van der Waals surface area contributed by atoms with E-state index in [1.54, 1.807) is 24.3 Å². The monoisotopic (exact) mass is 409 g/mol. The molecule has 0 unspecified atom stereocenters. The molecule has 0 bridgehead atoms. The molecule has 0 fully saturated rings. The summed E-state index contributed by atoms with van der Waals surface area (Å²) >= 11 is 0. The minimum absolute atomic E-state index is 0.0123. The zero-order valence-electron chi connectivity index (χ0n) is 16.4. The van der Waals surface area contributed by atoms with E-state index in [1.165, 1.54) is 25.2 Å². The van der Waals surface area contributed by atoms with Gasteiger partial charge in [0.25, 0.3) is 6.01 Å². The third kappa shape index (κ3) is 2.35. The Morgan fingerprint density at radius 3 is 2.70 bits per heavy atom. The number of fused-ring (bicyclic) bond motifs is 5. The maximum Gasteiger partial charge on any atom is 0.337 e. The smallest absolute Gasteiger partial charge is 0.337 e. The van der Waals surface area contributed by atoms with Crippen LogP contribution in [0.25, 0.3) is 11.3 Å². The van der Waals surface area contributed by atoms with Gasteiger partial charge in [0.2, 0.25) is 5.91 Å². The van der Waals surface area contributed by atoms with Crippen LogP contribution in [0, 0.1) is 0 Å². The summed E-state index contributed by atoms with van der Waals surface area (Å²) in [4.78, 5) is 44.7. The summed E-state index contributed by atoms with van der Waals surface area (Å²) in [5, 5.41) is 0. The Labute approximate surface area is 171 Å². The van der Waals surface area contributed by atoms with E-state index >= 15 is 0 Å². The van der Waals surface area contributed by atoms with E-state index in [0.29, 0.717) is 16.9 Å². The lowest BCUT2D eigenvalue weighted by molar-refractivity contribution is -0.140. The number of anilines is 1. The van der Waals surface area contributed by atoms with Crippen LogP contribution in [0.15, 0.2) is 52.6 Å². The Bertz CT molecular complexity index is 1130. The molecule has 1 spiro atoms. The predicted octanol–water partition coefficient (Wildman–Crippen LogP) is 1.54. The second-order valence-corrected chi connectivity index (χ2v) is 6.80. The molecule has 1 aromatic heterocycles. The minimum atomic E-state index is -1.65. The molecule has 0 saturated heterocycles. The molecule has 1 amide bonds. The van der Waals surface area contributed by atoms with Crippen molar-refractivity contribution in [3.05, 3.63) is 59.4 Å². The molecule has 2 N–H and O–H groups in total. The lowest BCUT2D eigenvalue weighted by atomic mass is 9.74. The van der Waals surface area contributed by atoms with Crippen LogP contribution >= 0.6 is 0 Å². The summed E-state index contributed by atoms with van der Waals surface area (Å²) in [7, 11) is 2.44. The summed E-state index contributed by atoms with van der Waals surface area (Å²) in [6, 6.07) is 6.86. The van der Waals surface area contributed by atoms with Gasteiger partial charge in [-0.3, -0.25) is 9.59 Å². The van der Waals surface area contributed by atoms with Gasteiger partial charge in [-0.05, 0) is 5.56 Å². The van der Waals surface area contributed by atoms with Crippen molar-refractivity contribution in [2.45, 2.75) is 11.8 Å². The van der Waals surface area contributed by atoms with E-state index in [-0.39, 0.29) is 35.9 Å². The number of nitrogen functional groups attached to an aromatic ring is 1. The molecule has 2 heterocycles. The van der Waals surface area contributed by atoms with E-state index < -0.39 is 23.3 Å². The molecule has 1 atom stereocenters. The lowest BCUT2D eigenvalue weighted by Gasteiger charge is -2.26. The third-order valence-corrected chi connectivity index (χ3v) is 5.37. The molecule has 2 aromatic rings. The maximum absolute atomic E-state index is 13.9. The van der Waals surface area contributed by atoms with E-state index in [9.17, 15) is 14.4 Å². The summed E-state index contributed by atoms with van der Waals surface area (Å²) in [5.41, 5.74) is 5.60. The van der Waals surface area contributed by atoms with Crippen LogP contribution in [0.2, 0.25) is 0 Å². The molecule has 9 nitrogen and oxygen atoms in total. The van der Waals surface area contributed by atoms with Gasteiger partial charge in [-0.25, -0.2) is 4.79 Å². The van der Waals surface area contributed by atoms with Gasteiger partial charge < -0.3 is 24.5 Å². The zero-order chi connectivity index (χ0) is 21.6. The zero-order valence-corrected chi connectivity index (χ0v) is 16.4. The molecule has 30 heavy (non-hydrogen) atoms. The molecule has 2 aliphatic rings. The highest BCUT2D eigenvalue weighted by atomic mass is 16.5. The van der Waals surface area contributed by atoms with Crippen molar-refractivity contribution >= 4 is 23.9 Å². The van der Waals surface area contributed by atoms with E-state index in [4.69, 9.17) is 19.6 Å². The predicted molar refractivity (Wildman–Crippen MR) is 105 cm³/mol. The molecule has 1 aromatic carbocycles. The topological polar surface area (TPSA) is 125 Å². The van der Waals surface area contributed by atoms with Gasteiger partial charge in [-0.15, -0.1) is 6.58 Å². The molecule has 1 aliphatic carbocycles. The fourth-order valence-corrected chi connectivity index (χ4v) is 4.25. The average Bonchev–Trinajstić information content (AvgIpc) is 3.33. The molecule has 4 rings (SSSR count). The van der Waals surface area contributed by atoms with E-state index in [2.05, 4.69) is 11.6 Å². The normalized spacial score (nSPS) is 19.1. The molecule has 1 aliphatic heterocycles. The Hall–Kier alpha value is -3.88. The lowest BCUT2D eigenvalue weighted by Crippen LogP contribution is -2.42. The minimum Gasteiger partial charge on any atom is -0.469 e. The number of benzene rings is 1. The summed E-state index contributed by atoms with van der Waals surface area (Å²) in [6.07, 6.45) is 1.19. The first-order chi connectivity index (χ1) is 14.4. The molecule has 154 valence electrons. The average molecular weight is 409 g/mol. The summed E-state index contributed by atoms with van der Waals surface area (Å²) in [6.45, 7) is 3.75. The number of carbonyl (C=O) groups is 3. The first-order valence-corrected chi connectivity index (χ1v) is 9.10. The SMILES string of the molecule is C=CCN1C(=O)[C@]2(C(C(=O)OC)=C1CC(=O)OC)c1ccccc1-c1oc(N)nc12. The molecular weight excluding hydrogens is 390 g/mol. The van der Waals surface area contributed by atoms with Crippen molar-refractivity contribution in [2.75, 3.05) is 26.5 Å². The van der Waals surface area contributed by atoms with Crippen LogP contribution in [0.1, 0.15) is 17.7 Å². The fourth-order valence-electron chi connectivity index (χ4n) is 4.25. The number of hydrogen-bond acceptors (Lipinski definition) is 8. The summed E-state index contributed by atoms with van der Waals surface area (Å²) < 4.78 is 15.4. The number of nitrogens with zero attached hydrogens (tertiary/aromatic N) is 2. The number of amides is 1. The highest BCUT2D eigenvalue weighted by molar-refractivity contribution is 6.14. The van der Waals surface area contributed by atoms with Crippen molar-refractivity contribution in [2.24, 2.45) is 0 Å². The van der Waals surface area contributed by atoms with Crippen LogP contribution in [0.5, 0.6) is 0 Å². The van der Waals surface area contributed by atoms with Crippen LogP contribution in [0.4, 0.5) is 6.01 Å². The van der Waals surface area contributed by atoms with Crippen molar-refractivity contribution in [3.63, 3.8) is 0 Å². The van der Waals surface area contributed by atoms with Gasteiger partial charge in [0, 0.05) is 17.8 Å². The summed E-state index contributed by atoms with van der Waals surface area (Å²) in [5.74, 6) is -1.55. The van der Waals surface area contributed by atoms with Gasteiger partial charge in [-0.1, -0.05) is 30.3 Å². The van der Waals surface area contributed by atoms with Crippen molar-refractivity contribution < 1.29 is 28.3 Å². The third-order valence-electron chi connectivity index (χ3n) is 5.37. The Kier molecular flexibility index (Phi) is 4.45. The second kappa shape index (κ2) is 6.87. The van der Waals surface area contributed by atoms with E-state index in [1.807, 2.05) is 0 Å². The van der Waals surface area contributed by atoms with Crippen molar-refractivity contribution in [1.29, 1.82) is 0 Å². The Morgan fingerprint density at radius 1 is 1.30 bits per heavy atom. The quantitative estimate of drug-likeness (QED) is 0.582. The van der Waals surface area contributed by atoms with E-state index in [0.717, 1.165) is 0 Å². The Morgan fingerprint density at radius 2 is 2.03 bits per heavy atom. The number of aromatic nitrogens is 1. The Balaban J connectivity index is 2.11. The number of hydrogen-bond donors (Lipinski definition) is 1. The number of ether oxygens (including phenoxy) is 2. The highest BCUT2D eigenvalue weighted by Crippen LogP contribution is 2.58. The van der Waals surface area contributed by atoms with Gasteiger partial charge in [0.1, 0.15) is 5.69 Å². The maximum atomic E-state index is 13.9. The number of rotatable bonds is 5. The van der Waals surface area contributed by atoms with Gasteiger partial charge >= 0.3 is 11.9 Å². The molecular formula is C21H19N3O6. The van der Waals surface area contributed by atoms with Crippen LogP contribution in [-0.4, -0.2) is 48.5 Å². The standard InChI is InChI=1S/C21H19N3O6/c1-4-9-24-13(10-14(25)28-2)15(18(26)29-3)21(19(24)27)12-8-6-5-7-11(12)16-17(21)23-20(22)30-16/h4-8H,1,9-10H2,2-3H3,(H2,22,23)/t21-/m0/s1. The second-order valence-electron chi connectivity index (χ2n) is 6.80. The molecule has 9 heteroatoms. The number of oxazole rings is 1. The van der Waals surface area contributed by atoms with Gasteiger partial charge in [0.05, 0.1) is 26.2 Å². The number of esters is 2. The van der Waals surface area contributed by atoms with Crippen molar-refractivity contribution in [3.8, 4) is 11.3 Å². The van der Waals surface area contributed by atoms with Gasteiger partial charge in [0.15, 0.2) is 11.2 Å².